The molecule has 3 fully saturated rings. The van der Waals surface area contributed by atoms with Crippen LogP contribution in [0.1, 0.15) is 75.6 Å². The number of hydrogen-bond donors (Lipinski definition) is 8. The van der Waals surface area contributed by atoms with Crippen LogP contribution in [0.15, 0.2) is 48.8 Å². The fourth-order valence-electron chi connectivity index (χ4n) is 9.63. The predicted molar refractivity (Wildman–Crippen MR) is 247 cm³/mol. The fraction of sp³-hybridized carbons (Fsp3) is 0.452. The second-order valence-corrected chi connectivity index (χ2v) is 18.0. The largest absolute Gasteiger partial charge is 0.391 e. The lowest BCUT2D eigenvalue weighted by Crippen LogP contribution is -2.24. The summed E-state index contributed by atoms with van der Waals surface area (Å²) in [5, 5.41) is 61.6. The first-order valence-electron chi connectivity index (χ1n) is 21.6. The molecule has 12 rings (SSSR count). The van der Waals surface area contributed by atoms with Crippen LogP contribution in [0.2, 0.25) is 0 Å². The van der Waals surface area contributed by atoms with Crippen molar-refractivity contribution in [3.8, 4) is 0 Å². The van der Waals surface area contributed by atoms with Gasteiger partial charge < -0.3 is 32.5 Å². The molecule has 11 N–H and O–H groups in total. The number of rotatable bonds is 9. The maximum Gasteiger partial charge on any atom is 0.181 e. The summed E-state index contributed by atoms with van der Waals surface area (Å²) in [5.41, 5.74) is 26.9. The van der Waals surface area contributed by atoms with Gasteiger partial charge in [-0.15, -0.1) is 31.7 Å². The van der Waals surface area contributed by atoms with Gasteiger partial charge in [-0.25, -0.2) is 34.9 Å². The van der Waals surface area contributed by atoms with E-state index in [1.54, 1.807) is 17.5 Å². The summed E-state index contributed by atoms with van der Waals surface area (Å²) >= 11 is 1.61. The number of anilines is 3. The molecule has 350 valence electrons. The first-order valence-corrected chi connectivity index (χ1v) is 22.5. The van der Waals surface area contributed by atoms with E-state index in [9.17, 15) is 15.3 Å². The highest BCUT2D eigenvalue weighted by molar-refractivity contribution is 7.09. The molecule has 6 aromatic rings. The Morgan fingerprint density at radius 2 is 0.925 bits per heavy atom. The number of aliphatic hydroxyl groups excluding tert-OH is 3. The maximum atomic E-state index is 10.3. The average molecular weight is 932 g/mol. The standard InChI is InChI=1S/C15H17N5OS.2C13H16N8O.CH4/c16-14-10-2-1-9(13(10)18-8-19-14)5-20-6-11(12(21)7-20)15-17-3-4-22-15;2*14-12-8-2-1-7(11(8)15-6-16-12)3-21-4-9(10(22)5-21)13-17-19-20-18-13;/h1,3-4,8,11-12,21H,2,5-7H2,(H2,16,18,19);2*1,6,9-10,22H,2-5H2,(H2,14,15,16)(H,17,18,19,20);1H4/t11-,12-;2*9-,10-;/m000./s1. The second kappa shape index (κ2) is 19.7. The van der Waals surface area contributed by atoms with Crippen molar-refractivity contribution in [2.75, 3.05) is 76.1 Å². The molecular weight excluding hydrogens is 879 g/mol. The van der Waals surface area contributed by atoms with Gasteiger partial charge in [-0.05, 0) is 36.0 Å². The normalized spacial score (nSPS) is 24.1. The van der Waals surface area contributed by atoms with E-state index in [1.165, 1.54) is 24.6 Å². The minimum atomic E-state index is -0.491. The molecular formula is C42H53N21O3S. The SMILES string of the molecule is C.Nc1ncnc2c1CC=C2CN1C[C@H](c2nccs2)[C@@H](O)C1.Nc1ncnc2c1CC=C2CN1C[C@H](c2nn[nH]n2)[C@@H](O)C1.Nc1ncnc2c1CC=C2CN1C[C@H](c2nn[nH]n2)[C@@H](O)C1. The minimum Gasteiger partial charge on any atom is -0.391 e. The Bertz CT molecular complexity index is 2440. The molecule has 0 bridgehead atoms. The zero-order chi connectivity index (χ0) is 45.3. The van der Waals surface area contributed by atoms with Crippen molar-refractivity contribution in [2.45, 2.75) is 62.8 Å². The van der Waals surface area contributed by atoms with Crippen molar-refractivity contribution in [3.63, 3.8) is 0 Å². The van der Waals surface area contributed by atoms with E-state index in [2.05, 4.69) is 109 Å². The van der Waals surface area contributed by atoms with E-state index in [4.69, 9.17) is 17.2 Å². The molecule has 0 spiro atoms. The van der Waals surface area contributed by atoms with E-state index in [-0.39, 0.29) is 31.3 Å². The number of thiazole rings is 1. The average Bonchev–Trinajstić information content (AvgIpc) is 4.15. The molecule has 6 aliphatic rings. The molecule has 67 heavy (non-hydrogen) atoms. The van der Waals surface area contributed by atoms with Gasteiger partial charge in [0.15, 0.2) is 11.6 Å². The minimum absolute atomic E-state index is 0. The highest BCUT2D eigenvalue weighted by Gasteiger charge is 2.38. The van der Waals surface area contributed by atoms with Crippen molar-refractivity contribution in [1.29, 1.82) is 0 Å². The number of H-pyrrole nitrogens is 2. The van der Waals surface area contributed by atoms with Crippen molar-refractivity contribution in [3.05, 3.63) is 99.2 Å². The number of aromatic nitrogens is 15. The molecule has 0 radical (unpaired) electrons. The van der Waals surface area contributed by atoms with Crippen LogP contribution in [0.4, 0.5) is 17.5 Å². The van der Waals surface area contributed by atoms with Gasteiger partial charge >= 0.3 is 0 Å². The van der Waals surface area contributed by atoms with Crippen LogP contribution in [0.3, 0.4) is 0 Å². The lowest BCUT2D eigenvalue weighted by Gasteiger charge is -2.16. The number of tetrazole rings is 2. The van der Waals surface area contributed by atoms with Gasteiger partial charge in [-0.2, -0.15) is 10.4 Å². The summed E-state index contributed by atoms with van der Waals surface area (Å²) in [6.45, 7) is 6.23. The highest BCUT2D eigenvalue weighted by Crippen LogP contribution is 2.35. The lowest BCUT2D eigenvalue weighted by atomic mass is 10.1. The van der Waals surface area contributed by atoms with E-state index in [0.717, 1.165) is 95.4 Å². The summed E-state index contributed by atoms with van der Waals surface area (Å²) in [6, 6.07) is 0. The Hall–Kier alpha value is -6.61. The summed E-state index contributed by atoms with van der Waals surface area (Å²) in [6.07, 6.45) is 13.7. The van der Waals surface area contributed by atoms with Gasteiger partial charge in [0.25, 0.3) is 0 Å². The van der Waals surface area contributed by atoms with Crippen molar-refractivity contribution < 1.29 is 15.3 Å². The lowest BCUT2D eigenvalue weighted by molar-refractivity contribution is 0.164. The van der Waals surface area contributed by atoms with Crippen LogP contribution in [0.5, 0.6) is 0 Å². The smallest absolute Gasteiger partial charge is 0.181 e. The Morgan fingerprint density at radius 1 is 0.537 bits per heavy atom. The highest BCUT2D eigenvalue weighted by atomic mass is 32.1. The van der Waals surface area contributed by atoms with Gasteiger partial charge in [0, 0.05) is 87.2 Å². The predicted octanol–water partition coefficient (Wildman–Crippen LogP) is -0.505. The van der Waals surface area contributed by atoms with Gasteiger partial charge in [-0.1, -0.05) is 36.1 Å². The molecule has 6 atom stereocenters. The Morgan fingerprint density at radius 3 is 1.28 bits per heavy atom. The van der Waals surface area contributed by atoms with E-state index in [1.807, 2.05) is 5.38 Å². The summed E-state index contributed by atoms with van der Waals surface area (Å²) < 4.78 is 0. The summed E-state index contributed by atoms with van der Waals surface area (Å²) in [4.78, 5) is 36.1. The van der Waals surface area contributed by atoms with Crippen LogP contribution < -0.4 is 17.2 Å². The number of allylic oxidation sites excluding steroid dienone is 3. The van der Waals surface area contributed by atoms with E-state index >= 15 is 0 Å². The molecule has 6 aromatic heterocycles. The molecule has 25 heteroatoms. The fourth-order valence-corrected chi connectivity index (χ4v) is 10.4. The Labute approximate surface area is 388 Å². The molecule has 0 unspecified atom stereocenters. The number of fused-ring (bicyclic) bond motifs is 3. The number of nitrogen functional groups attached to an aromatic ring is 3. The number of nitrogens with two attached hydrogens (primary N) is 3. The first kappa shape index (κ1) is 45.5. The van der Waals surface area contributed by atoms with Crippen LogP contribution in [-0.4, -0.2) is 183 Å². The number of nitrogens with one attached hydrogen (secondary N) is 2. The third-order valence-corrected chi connectivity index (χ3v) is 13.8. The van der Waals surface area contributed by atoms with Gasteiger partial charge in [-0.3, -0.25) is 14.7 Å². The number of aliphatic hydroxyl groups is 3. The zero-order valence-corrected chi connectivity index (χ0v) is 36.5. The number of β-amino-alcohol motifs (C(OH)–C–C–N with tert-alkyl or cyclic N) is 3. The van der Waals surface area contributed by atoms with Gasteiger partial charge in [0.05, 0.1) is 58.2 Å². The topological polar surface area (TPSA) is 348 Å². The molecule has 3 aliphatic heterocycles. The van der Waals surface area contributed by atoms with E-state index < -0.39 is 12.2 Å². The third-order valence-electron chi connectivity index (χ3n) is 12.9. The quantitative estimate of drug-likeness (QED) is 0.0905. The summed E-state index contributed by atoms with van der Waals surface area (Å²) in [5.74, 6) is 2.65. The van der Waals surface area contributed by atoms with E-state index in [0.29, 0.717) is 61.8 Å². The van der Waals surface area contributed by atoms with Gasteiger partial charge in [0.1, 0.15) is 36.4 Å². The number of nitrogens with zero attached hydrogens (tertiary/aromatic N) is 16. The molecule has 3 saturated heterocycles. The van der Waals surface area contributed by atoms with Crippen LogP contribution >= 0.6 is 11.3 Å². The van der Waals surface area contributed by atoms with Gasteiger partial charge in [0.2, 0.25) is 0 Å². The monoisotopic (exact) mass is 931 g/mol. The van der Waals surface area contributed by atoms with Crippen LogP contribution in [0, 0.1) is 0 Å². The summed E-state index contributed by atoms with van der Waals surface area (Å²) in [7, 11) is 0. The zero-order valence-electron chi connectivity index (χ0n) is 35.7. The first-order chi connectivity index (χ1) is 32.2. The molecule has 0 saturated carbocycles. The number of aromatic amines is 2. The maximum absolute atomic E-state index is 10.3. The third kappa shape index (κ3) is 9.51. The Kier molecular flexibility index (Phi) is 13.4. The Balaban J connectivity index is 0.000000125. The second-order valence-electron chi connectivity index (χ2n) is 17.1. The molecule has 24 nitrogen and oxygen atoms in total. The van der Waals surface area contributed by atoms with Crippen molar-refractivity contribution in [2.24, 2.45) is 0 Å². The van der Waals surface area contributed by atoms with Crippen molar-refractivity contribution >= 4 is 45.5 Å². The number of likely N-dealkylation sites (tertiary alicyclic amines) is 3. The van der Waals surface area contributed by atoms with Crippen LogP contribution in [0.25, 0.3) is 16.7 Å². The molecule has 0 amide bonds. The van der Waals surface area contributed by atoms with Crippen molar-refractivity contribution in [1.82, 2.24) is 90.8 Å². The number of hydrogen-bond acceptors (Lipinski definition) is 23. The molecule has 3 aliphatic carbocycles. The van der Waals surface area contributed by atoms with Crippen LogP contribution in [-0.2, 0) is 19.3 Å². The molecule has 9 heterocycles. The molecule has 0 aromatic carbocycles.